The third-order valence-electron chi connectivity index (χ3n) is 5.14. The Bertz CT molecular complexity index is 1230. The van der Waals surface area contributed by atoms with Crippen molar-refractivity contribution in [2.75, 3.05) is 7.11 Å². The molecule has 0 aliphatic heterocycles. The third-order valence-corrected chi connectivity index (χ3v) is 5.14. The number of aromatic nitrogens is 1. The van der Waals surface area contributed by atoms with Gasteiger partial charge in [-0.15, -0.1) is 0 Å². The number of rotatable bonds is 6. The minimum Gasteiger partial charge on any atom is -0.497 e. The Kier molecular flexibility index (Phi) is 5.90. The average Bonchev–Trinajstić information content (AvgIpc) is 3.12. The SMILES string of the molecule is COc1ccc2c(c1)c(C(=O)OCc1ccccc1)c(C(F)(F)F)n2Cc1ccccc1. The van der Waals surface area contributed by atoms with E-state index in [0.29, 0.717) is 16.9 Å². The molecular weight excluding hydrogens is 419 g/mol. The topological polar surface area (TPSA) is 40.5 Å². The number of hydrogen-bond acceptors (Lipinski definition) is 3. The molecule has 4 aromatic rings. The van der Waals surface area contributed by atoms with Gasteiger partial charge in [-0.3, -0.25) is 0 Å². The van der Waals surface area contributed by atoms with Crippen molar-refractivity contribution in [3.8, 4) is 5.75 Å². The number of carbonyl (C=O) groups is 1. The van der Waals surface area contributed by atoms with Crippen LogP contribution in [-0.4, -0.2) is 17.6 Å². The number of alkyl halides is 3. The minimum atomic E-state index is -4.78. The molecule has 0 aliphatic carbocycles. The van der Waals surface area contributed by atoms with Crippen LogP contribution < -0.4 is 4.74 Å². The zero-order valence-electron chi connectivity index (χ0n) is 17.2. The van der Waals surface area contributed by atoms with Crippen LogP contribution in [0.1, 0.15) is 27.2 Å². The molecule has 3 aromatic carbocycles. The summed E-state index contributed by atoms with van der Waals surface area (Å²) in [4.78, 5) is 13.0. The second-order valence-electron chi connectivity index (χ2n) is 7.24. The predicted molar refractivity (Wildman–Crippen MR) is 115 cm³/mol. The first kappa shape index (κ1) is 21.5. The van der Waals surface area contributed by atoms with Crippen LogP contribution in [0.4, 0.5) is 13.2 Å². The van der Waals surface area contributed by atoms with Crippen molar-refractivity contribution >= 4 is 16.9 Å². The van der Waals surface area contributed by atoms with Gasteiger partial charge < -0.3 is 14.0 Å². The molecule has 164 valence electrons. The number of esters is 1. The van der Waals surface area contributed by atoms with Crippen molar-refractivity contribution in [1.82, 2.24) is 4.57 Å². The summed E-state index contributed by atoms with van der Waals surface area (Å²) < 4.78 is 54.5. The zero-order valence-corrected chi connectivity index (χ0v) is 17.2. The summed E-state index contributed by atoms with van der Waals surface area (Å²) >= 11 is 0. The summed E-state index contributed by atoms with van der Waals surface area (Å²) in [5, 5.41) is 0.130. The maximum absolute atomic E-state index is 14.3. The fourth-order valence-corrected chi connectivity index (χ4v) is 3.69. The van der Waals surface area contributed by atoms with E-state index in [4.69, 9.17) is 9.47 Å². The van der Waals surface area contributed by atoms with Gasteiger partial charge in [0.25, 0.3) is 0 Å². The fraction of sp³-hybridized carbons (Fsp3) is 0.160. The van der Waals surface area contributed by atoms with Crippen molar-refractivity contribution in [2.24, 2.45) is 0 Å². The highest BCUT2D eigenvalue weighted by atomic mass is 19.4. The van der Waals surface area contributed by atoms with E-state index in [1.807, 2.05) is 0 Å². The van der Waals surface area contributed by atoms with E-state index >= 15 is 0 Å². The fourth-order valence-electron chi connectivity index (χ4n) is 3.69. The summed E-state index contributed by atoms with van der Waals surface area (Å²) in [5.41, 5.74) is 0.0736. The Morgan fingerprint density at radius 3 is 2.12 bits per heavy atom. The molecule has 0 bridgehead atoms. The lowest BCUT2D eigenvalue weighted by Gasteiger charge is -2.15. The van der Waals surface area contributed by atoms with Gasteiger partial charge >= 0.3 is 12.1 Å². The van der Waals surface area contributed by atoms with Gasteiger partial charge in [-0.25, -0.2) is 4.79 Å². The molecule has 0 saturated carbocycles. The molecule has 0 saturated heterocycles. The maximum Gasteiger partial charge on any atom is 0.432 e. The summed E-state index contributed by atoms with van der Waals surface area (Å²) in [7, 11) is 1.42. The van der Waals surface area contributed by atoms with E-state index in [1.165, 1.54) is 19.2 Å². The van der Waals surface area contributed by atoms with Crippen LogP contribution in [0.15, 0.2) is 78.9 Å². The van der Waals surface area contributed by atoms with Gasteiger partial charge in [0, 0.05) is 17.4 Å². The van der Waals surface area contributed by atoms with Crippen molar-refractivity contribution in [3.05, 3.63) is 101 Å². The van der Waals surface area contributed by atoms with Gasteiger partial charge in [0.1, 0.15) is 18.1 Å². The molecule has 1 heterocycles. The van der Waals surface area contributed by atoms with Gasteiger partial charge in [0.2, 0.25) is 0 Å². The lowest BCUT2D eigenvalue weighted by atomic mass is 10.1. The summed E-state index contributed by atoms with van der Waals surface area (Å²) in [6.45, 7) is -0.184. The first-order chi connectivity index (χ1) is 15.4. The molecule has 32 heavy (non-hydrogen) atoms. The molecule has 4 nitrogen and oxygen atoms in total. The van der Waals surface area contributed by atoms with E-state index in [0.717, 1.165) is 4.57 Å². The number of fused-ring (bicyclic) bond motifs is 1. The molecule has 0 atom stereocenters. The minimum absolute atomic E-state index is 0.0511. The number of methoxy groups -OCH3 is 1. The summed E-state index contributed by atoms with van der Waals surface area (Å²) in [6.07, 6.45) is -4.78. The van der Waals surface area contributed by atoms with Crippen molar-refractivity contribution in [3.63, 3.8) is 0 Å². The van der Waals surface area contributed by atoms with Gasteiger partial charge in [-0.05, 0) is 29.3 Å². The molecule has 0 unspecified atom stereocenters. The Morgan fingerprint density at radius 1 is 0.906 bits per heavy atom. The van der Waals surface area contributed by atoms with Gasteiger partial charge in [-0.1, -0.05) is 60.7 Å². The highest BCUT2D eigenvalue weighted by Gasteiger charge is 2.42. The molecular formula is C25H20F3NO3. The van der Waals surface area contributed by atoms with Gasteiger partial charge in [0.15, 0.2) is 0 Å². The van der Waals surface area contributed by atoms with Crippen LogP contribution >= 0.6 is 0 Å². The van der Waals surface area contributed by atoms with Crippen LogP contribution in [-0.2, 0) is 24.1 Å². The predicted octanol–water partition coefficient (Wildman–Crippen LogP) is 6.07. The Morgan fingerprint density at radius 2 is 1.53 bits per heavy atom. The average molecular weight is 439 g/mol. The second-order valence-corrected chi connectivity index (χ2v) is 7.24. The third kappa shape index (κ3) is 4.32. The van der Waals surface area contributed by atoms with E-state index < -0.39 is 23.4 Å². The van der Waals surface area contributed by atoms with Crippen LogP contribution in [0.3, 0.4) is 0 Å². The smallest absolute Gasteiger partial charge is 0.432 e. The molecule has 0 fully saturated rings. The quantitative estimate of drug-likeness (QED) is 0.342. The van der Waals surface area contributed by atoms with Crippen molar-refractivity contribution < 1.29 is 27.4 Å². The summed E-state index contributed by atoms with van der Waals surface area (Å²) in [5.74, 6) is -0.688. The normalized spacial score (nSPS) is 11.5. The Balaban J connectivity index is 1.86. The van der Waals surface area contributed by atoms with Crippen LogP contribution in [0, 0.1) is 0 Å². The molecule has 0 spiro atoms. The van der Waals surface area contributed by atoms with Gasteiger partial charge in [-0.2, -0.15) is 13.2 Å². The van der Waals surface area contributed by atoms with E-state index in [2.05, 4.69) is 0 Å². The molecule has 0 N–H and O–H groups in total. The number of nitrogens with zero attached hydrogens (tertiary/aromatic N) is 1. The Hall–Kier alpha value is -3.74. The number of benzene rings is 3. The number of carbonyl (C=O) groups excluding carboxylic acids is 1. The number of ether oxygens (including phenoxy) is 2. The monoisotopic (exact) mass is 439 g/mol. The number of halogens is 3. The van der Waals surface area contributed by atoms with Crippen LogP contribution in [0.2, 0.25) is 0 Å². The molecule has 0 radical (unpaired) electrons. The zero-order chi connectivity index (χ0) is 22.7. The standard InChI is InChI=1S/C25H20F3NO3/c1-31-19-12-13-21-20(14-19)22(24(30)32-16-18-10-6-3-7-11-18)23(25(26,27)28)29(21)15-17-8-4-2-5-9-17/h2-14H,15-16H2,1H3. The molecule has 0 aliphatic rings. The lowest BCUT2D eigenvalue weighted by Crippen LogP contribution is -2.19. The molecule has 4 rings (SSSR count). The van der Waals surface area contributed by atoms with Gasteiger partial charge in [0.05, 0.1) is 12.7 Å². The molecule has 1 aromatic heterocycles. The highest BCUT2D eigenvalue weighted by Crippen LogP contribution is 2.40. The first-order valence-corrected chi connectivity index (χ1v) is 9.91. The highest BCUT2D eigenvalue weighted by molar-refractivity contribution is 6.06. The van der Waals surface area contributed by atoms with Crippen molar-refractivity contribution in [1.29, 1.82) is 0 Å². The lowest BCUT2D eigenvalue weighted by molar-refractivity contribution is -0.143. The van der Waals surface area contributed by atoms with E-state index in [9.17, 15) is 18.0 Å². The number of hydrogen-bond donors (Lipinski definition) is 0. The van der Waals surface area contributed by atoms with Crippen molar-refractivity contribution in [2.45, 2.75) is 19.3 Å². The molecule has 0 amide bonds. The first-order valence-electron chi connectivity index (χ1n) is 9.91. The maximum atomic E-state index is 14.3. The summed E-state index contributed by atoms with van der Waals surface area (Å²) in [6, 6.07) is 22.1. The Labute approximate surface area is 182 Å². The second kappa shape index (κ2) is 8.78. The van der Waals surface area contributed by atoms with E-state index in [1.54, 1.807) is 66.7 Å². The molecule has 7 heteroatoms. The van der Waals surface area contributed by atoms with Crippen LogP contribution in [0.5, 0.6) is 5.75 Å². The van der Waals surface area contributed by atoms with Crippen LogP contribution in [0.25, 0.3) is 10.9 Å². The van der Waals surface area contributed by atoms with E-state index in [-0.39, 0.29) is 24.1 Å². The largest absolute Gasteiger partial charge is 0.497 e.